The Morgan fingerprint density at radius 3 is 2.88 bits per heavy atom. The van der Waals surface area contributed by atoms with Crippen LogP contribution in [0.4, 0.5) is 5.69 Å². The highest BCUT2D eigenvalue weighted by atomic mass is 16.5. The van der Waals surface area contributed by atoms with E-state index in [0.29, 0.717) is 17.1 Å². The van der Waals surface area contributed by atoms with Crippen molar-refractivity contribution in [2.24, 2.45) is 0 Å². The van der Waals surface area contributed by atoms with Gasteiger partial charge in [-0.05, 0) is 24.3 Å². The van der Waals surface area contributed by atoms with Gasteiger partial charge in [-0.15, -0.1) is 0 Å². The largest absolute Gasteiger partial charge is 0.495 e. The van der Waals surface area contributed by atoms with Crippen LogP contribution in [0.3, 0.4) is 0 Å². The molecule has 0 fully saturated rings. The summed E-state index contributed by atoms with van der Waals surface area (Å²) >= 11 is 0. The van der Waals surface area contributed by atoms with Crippen molar-refractivity contribution in [1.29, 1.82) is 5.26 Å². The number of nitriles is 1. The van der Waals surface area contributed by atoms with Crippen molar-refractivity contribution >= 4 is 5.69 Å². The fourth-order valence-electron chi connectivity index (χ4n) is 3.12. The van der Waals surface area contributed by atoms with Crippen molar-refractivity contribution in [2.45, 2.75) is 13.0 Å². The second-order valence-electron chi connectivity index (χ2n) is 6.05. The highest BCUT2D eigenvalue weighted by Gasteiger charge is 2.20. The molecule has 6 nitrogen and oxygen atoms in total. The molecule has 0 saturated carbocycles. The van der Waals surface area contributed by atoms with Gasteiger partial charge in [-0.25, -0.2) is 9.97 Å². The second kappa shape index (κ2) is 6.81. The third kappa shape index (κ3) is 2.95. The SMILES string of the molecule is COc1cc(N2CCc3nc(-c4ccccn4)ncc3C2)ccc1C#N. The van der Waals surface area contributed by atoms with E-state index in [4.69, 9.17) is 15.0 Å². The maximum absolute atomic E-state index is 9.14. The Morgan fingerprint density at radius 2 is 2.12 bits per heavy atom. The molecule has 3 aromatic rings. The van der Waals surface area contributed by atoms with Gasteiger partial charge in [0.15, 0.2) is 5.82 Å². The number of fused-ring (bicyclic) bond motifs is 1. The first-order valence-electron chi connectivity index (χ1n) is 8.38. The molecule has 1 aliphatic rings. The van der Waals surface area contributed by atoms with Gasteiger partial charge in [0.05, 0.1) is 18.4 Å². The molecule has 0 amide bonds. The molecular formula is C20H17N5O. The monoisotopic (exact) mass is 343 g/mol. The van der Waals surface area contributed by atoms with Crippen LogP contribution in [0.5, 0.6) is 5.75 Å². The van der Waals surface area contributed by atoms with Crippen LogP contribution in [0.2, 0.25) is 0 Å². The Morgan fingerprint density at radius 1 is 1.19 bits per heavy atom. The Balaban J connectivity index is 1.60. The fourth-order valence-corrected chi connectivity index (χ4v) is 3.12. The van der Waals surface area contributed by atoms with Crippen molar-refractivity contribution in [1.82, 2.24) is 15.0 Å². The summed E-state index contributed by atoms with van der Waals surface area (Å²) in [6.45, 7) is 1.58. The average molecular weight is 343 g/mol. The van der Waals surface area contributed by atoms with E-state index in [1.807, 2.05) is 36.5 Å². The number of rotatable bonds is 3. The van der Waals surface area contributed by atoms with Crippen LogP contribution < -0.4 is 9.64 Å². The Kier molecular flexibility index (Phi) is 4.20. The molecule has 0 atom stereocenters. The van der Waals surface area contributed by atoms with E-state index < -0.39 is 0 Å². The number of aromatic nitrogens is 3. The van der Waals surface area contributed by atoms with E-state index in [-0.39, 0.29) is 0 Å². The van der Waals surface area contributed by atoms with Gasteiger partial charge < -0.3 is 9.64 Å². The van der Waals surface area contributed by atoms with E-state index in [1.54, 1.807) is 19.4 Å². The number of methoxy groups -OCH3 is 1. The molecule has 6 heteroatoms. The Hall–Kier alpha value is -3.46. The van der Waals surface area contributed by atoms with Gasteiger partial charge in [0.2, 0.25) is 0 Å². The summed E-state index contributed by atoms with van der Waals surface area (Å²) in [5, 5.41) is 9.14. The van der Waals surface area contributed by atoms with E-state index >= 15 is 0 Å². The first-order chi connectivity index (χ1) is 12.8. The molecule has 0 saturated heterocycles. The lowest BCUT2D eigenvalue weighted by Gasteiger charge is -2.30. The summed E-state index contributed by atoms with van der Waals surface area (Å²) < 4.78 is 5.32. The lowest BCUT2D eigenvalue weighted by Crippen LogP contribution is -2.31. The summed E-state index contributed by atoms with van der Waals surface area (Å²) in [6, 6.07) is 13.5. The van der Waals surface area contributed by atoms with E-state index in [1.165, 1.54) is 0 Å². The van der Waals surface area contributed by atoms with Crippen molar-refractivity contribution in [3.63, 3.8) is 0 Å². The molecule has 0 aliphatic carbocycles. The third-order valence-electron chi connectivity index (χ3n) is 4.50. The Labute approximate surface area is 151 Å². The topological polar surface area (TPSA) is 74.9 Å². The highest BCUT2D eigenvalue weighted by molar-refractivity contribution is 5.58. The smallest absolute Gasteiger partial charge is 0.178 e. The zero-order valence-corrected chi connectivity index (χ0v) is 14.4. The summed E-state index contributed by atoms with van der Waals surface area (Å²) in [4.78, 5) is 15.8. The van der Waals surface area contributed by atoms with E-state index in [2.05, 4.69) is 20.9 Å². The predicted molar refractivity (Wildman–Crippen MR) is 97.7 cm³/mol. The first kappa shape index (κ1) is 16.0. The van der Waals surface area contributed by atoms with E-state index in [0.717, 1.165) is 42.1 Å². The van der Waals surface area contributed by atoms with Gasteiger partial charge >= 0.3 is 0 Å². The first-order valence-corrected chi connectivity index (χ1v) is 8.38. The fraction of sp³-hybridized carbons (Fsp3) is 0.200. The van der Waals surface area contributed by atoms with Crippen LogP contribution in [0.15, 0.2) is 48.8 Å². The second-order valence-corrected chi connectivity index (χ2v) is 6.05. The molecule has 0 N–H and O–H groups in total. The third-order valence-corrected chi connectivity index (χ3v) is 4.50. The van der Waals surface area contributed by atoms with Crippen LogP contribution in [0.1, 0.15) is 16.8 Å². The lowest BCUT2D eigenvalue weighted by atomic mass is 10.1. The minimum absolute atomic E-state index is 0.539. The standard InChI is InChI=1S/C20H17N5O/c1-26-19-10-16(6-5-14(19)11-21)25-9-7-17-15(13-25)12-23-20(24-17)18-4-2-3-8-22-18/h2-6,8,10,12H,7,9,13H2,1H3. The highest BCUT2D eigenvalue weighted by Crippen LogP contribution is 2.29. The normalized spacial score (nSPS) is 13.0. The molecule has 0 unspecified atom stereocenters. The maximum atomic E-state index is 9.14. The molecule has 0 radical (unpaired) electrons. The molecule has 26 heavy (non-hydrogen) atoms. The number of ether oxygens (including phenoxy) is 1. The van der Waals surface area contributed by atoms with Crippen molar-refractivity contribution in [3.8, 4) is 23.3 Å². The van der Waals surface area contributed by atoms with Gasteiger partial charge in [0.25, 0.3) is 0 Å². The molecule has 0 bridgehead atoms. The molecule has 1 aliphatic heterocycles. The molecule has 0 spiro atoms. The van der Waals surface area contributed by atoms with E-state index in [9.17, 15) is 0 Å². The average Bonchev–Trinajstić information content (AvgIpc) is 2.73. The van der Waals surface area contributed by atoms with Crippen LogP contribution >= 0.6 is 0 Å². The van der Waals surface area contributed by atoms with Gasteiger partial charge in [-0.3, -0.25) is 4.98 Å². The molecular weight excluding hydrogens is 326 g/mol. The maximum Gasteiger partial charge on any atom is 0.178 e. The lowest BCUT2D eigenvalue weighted by molar-refractivity contribution is 0.413. The van der Waals surface area contributed by atoms with Gasteiger partial charge in [-0.1, -0.05) is 6.07 Å². The van der Waals surface area contributed by atoms with Crippen LogP contribution in [-0.2, 0) is 13.0 Å². The zero-order valence-electron chi connectivity index (χ0n) is 14.4. The molecule has 3 heterocycles. The predicted octanol–water partition coefficient (Wildman–Crippen LogP) is 2.98. The number of hydrogen-bond donors (Lipinski definition) is 0. The van der Waals surface area contributed by atoms with Crippen molar-refractivity contribution in [3.05, 3.63) is 65.6 Å². The molecule has 2 aromatic heterocycles. The van der Waals surface area contributed by atoms with Crippen molar-refractivity contribution in [2.75, 3.05) is 18.6 Å². The number of pyridine rings is 1. The van der Waals surface area contributed by atoms with Gasteiger partial charge in [-0.2, -0.15) is 5.26 Å². The Bertz CT molecular complexity index is 981. The minimum Gasteiger partial charge on any atom is -0.495 e. The summed E-state index contributed by atoms with van der Waals surface area (Å²) in [5.41, 5.74) is 4.53. The van der Waals surface area contributed by atoms with Crippen molar-refractivity contribution < 1.29 is 4.74 Å². The number of hydrogen-bond acceptors (Lipinski definition) is 6. The molecule has 128 valence electrons. The molecule has 4 rings (SSSR count). The minimum atomic E-state index is 0.539. The van der Waals surface area contributed by atoms with Gasteiger partial charge in [0, 0.05) is 49.2 Å². The zero-order chi connectivity index (χ0) is 17.9. The number of benzene rings is 1. The summed E-state index contributed by atoms with van der Waals surface area (Å²) in [7, 11) is 1.58. The summed E-state index contributed by atoms with van der Waals surface area (Å²) in [5.74, 6) is 1.26. The number of anilines is 1. The van der Waals surface area contributed by atoms with Crippen LogP contribution in [-0.4, -0.2) is 28.6 Å². The van der Waals surface area contributed by atoms with Crippen LogP contribution in [0.25, 0.3) is 11.5 Å². The van der Waals surface area contributed by atoms with Crippen LogP contribution in [0, 0.1) is 11.3 Å². The molecule has 1 aromatic carbocycles. The summed E-state index contributed by atoms with van der Waals surface area (Å²) in [6.07, 6.45) is 4.47. The quantitative estimate of drug-likeness (QED) is 0.728. The van der Waals surface area contributed by atoms with Gasteiger partial charge in [0.1, 0.15) is 17.5 Å². The number of nitrogens with zero attached hydrogens (tertiary/aromatic N) is 5.